The molecule has 0 aromatic carbocycles. The Morgan fingerprint density at radius 3 is 3.00 bits per heavy atom. The number of methoxy groups -OCH3 is 1. The van der Waals surface area contributed by atoms with Crippen LogP contribution in [0, 0.1) is 6.92 Å². The smallest absolute Gasteiger partial charge is 0.357 e. The maximum Gasteiger partial charge on any atom is 0.357 e. The molecule has 0 saturated carbocycles. The van der Waals surface area contributed by atoms with E-state index in [4.69, 9.17) is 0 Å². The predicted molar refractivity (Wildman–Crippen MR) is 74.6 cm³/mol. The zero-order chi connectivity index (χ0) is 13.7. The first-order valence-corrected chi connectivity index (χ1v) is 6.72. The maximum atomic E-state index is 11.4. The van der Waals surface area contributed by atoms with Crippen LogP contribution < -0.4 is 5.32 Å². The van der Waals surface area contributed by atoms with Gasteiger partial charge in [0.15, 0.2) is 10.8 Å². The standard InChI is InChI=1S/C13H15N3O2S/c1-9-11(12(17)18-2)16-13(19-9)15-8-6-10-5-3-4-7-14-10/h3-5,7H,6,8H2,1-2H3,(H,15,16). The summed E-state index contributed by atoms with van der Waals surface area (Å²) in [4.78, 5) is 20.7. The first-order valence-electron chi connectivity index (χ1n) is 5.90. The van der Waals surface area contributed by atoms with E-state index in [0.717, 1.165) is 28.7 Å². The summed E-state index contributed by atoms with van der Waals surface area (Å²) < 4.78 is 4.67. The molecule has 0 unspecified atom stereocenters. The number of carbonyl (C=O) groups is 1. The van der Waals surface area contributed by atoms with E-state index in [0.29, 0.717) is 5.69 Å². The third-order valence-corrected chi connectivity index (χ3v) is 3.49. The van der Waals surface area contributed by atoms with Crippen LogP contribution in [-0.2, 0) is 11.2 Å². The van der Waals surface area contributed by atoms with Crippen LogP contribution in [-0.4, -0.2) is 29.6 Å². The van der Waals surface area contributed by atoms with Crippen LogP contribution in [0.1, 0.15) is 21.1 Å². The van der Waals surface area contributed by atoms with Crippen LogP contribution in [0.3, 0.4) is 0 Å². The van der Waals surface area contributed by atoms with Gasteiger partial charge in [0.05, 0.1) is 7.11 Å². The van der Waals surface area contributed by atoms with Gasteiger partial charge in [-0.05, 0) is 19.1 Å². The Hall–Kier alpha value is -1.95. The number of ether oxygens (including phenoxy) is 1. The number of anilines is 1. The van der Waals surface area contributed by atoms with Gasteiger partial charge in [-0.2, -0.15) is 0 Å². The van der Waals surface area contributed by atoms with Gasteiger partial charge in [0.25, 0.3) is 0 Å². The number of nitrogens with one attached hydrogen (secondary N) is 1. The number of aromatic nitrogens is 2. The lowest BCUT2D eigenvalue weighted by Crippen LogP contribution is -2.07. The summed E-state index contributed by atoms with van der Waals surface area (Å²) in [7, 11) is 1.36. The minimum Gasteiger partial charge on any atom is -0.464 e. The van der Waals surface area contributed by atoms with Gasteiger partial charge in [-0.15, -0.1) is 11.3 Å². The zero-order valence-corrected chi connectivity index (χ0v) is 11.7. The van der Waals surface area contributed by atoms with Gasteiger partial charge in [-0.25, -0.2) is 9.78 Å². The zero-order valence-electron chi connectivity index (χ0n) is 10.8. The molecule has 2 rings (SSSR count). The van der Waals surface area contributed by atoms with Crippen molar-refractivity contribution in [1.29, 1.82) is 0 Å². The van der Waals surface area contributed by atoms with E-state index in [2.05, 4.69) is 20.0 Å². The summed E-state index contributed by atoms with van der Waals surface area (Å²) in [6.45, 7) is 2.58. The van der Waals surface area contributed by atoms with Crippen molar-refractivity contribution in [3.05, 3.63) is 40.7 Å². The highest BCUT2D eigenvalue weighted by Gasteiger charge is 2.15. The molecule has 19 heavy (non-hydrogen) atoms. The molecule has 2 aromatic rings. The lowest BCUT2D eigenvalue weighted by molar-refractivity contribution is 0.0594. The van der Waals surface area contributed by atoms with Crippen molar-refractivity contribution < 1.29 is 9.53 Å². The van der Waals surface area contributed by atoms with Crippen molar-refractivity contribution in [3.63, 3.8) is 0 Å². The highest BCUT2D eigenvalue weighted by molar-refractivity contribution is 7.15. The molecule has 2 aromatic heterocycles. The fraction of sp³-hybridized carbons (Fsp3) is 0.308. The number of pyridine rings is 1. The topological polar surface area (TPSA) is 64.1 Å². The Labute approximate surface area is 115 Å². The summed E-state index contributed by atoms with van der Waals surface area (Å²) in [5, 5.41) is 3.92. The van der Waals surface area contributed by atoms with E-state index in [1.54, 1.807) is 6.20 Å². The Bertz CT molecular complexity index is 554. The van der Waals surface area contributed by atoms with Gasteiger partial charge in [-0.1, -0.05) is 6.07 Å². The molecule has 5 nitrogen and oxygen atoms in total. The summed E-state index contributed by atoms with van der Waals surface area (Å²) >= 11 is 1.45. The van der Waals surface area contributed by atoms with Gasteiger partial charge in [0, 0.05) is 29.7 Å². The van der Waals surface area contributed by atoms with Gasteiger partial charge in [0.1, 0.15) is 0 Å². The SMILES string of the molecule is COC(=O)c1nc(NCCc2ccccn2)sc1C. The highest BCUT2D eigenvalue weighted by Crippen LogP contribution is 2.22. The number of hydrogen-bond donors (Lipinski definition) is 1. The largest absolute Gasteiger partial charge is 0.464 e. The molecule has 0 aliphatic rings. The van der Waals surface area contributed by atoms with Crippen LogP contribution in [0.5, 0.6) is 0 Å². The van der Waals surface area contributed by atoms with Crippen LogP contribution in [0.4, 0.5) is 5.13 Å². The number of rotatable bonds is 5. The summed E-state index contributed by atoms with van der Waals surface area (Å²) in [5.41, 5.74) is 1.41. The Morgan fingerprint density at radius 2 is 2.32 bits per heavy atom. The first kappa shape index (κ1) is 13.5. The van der Waals surface area contributed by atoms with E-state index in [9.17, 15) is 4.79 Å². The predicted octanol–water partition coefficient (Wildman–Crippen LogP) is 2.29. The molecule has 100 valence electrons. The molecule has 0 radical (unpaired) electrons. The van der Waals surface area contributed by atoms with E-state index in [1.165, 1.54) is 18.4 Å². The average Bonchev–Trinajstić information content (AvgIpc) is 2.80. The van der Waals surface area contributed by atoms with Crippen LogP contribution >= 0.6 is 11.3 Å². The second kappa shape index (κ2) is 6.29. The molecule has 1 N–H and O–H groups in total. The van der Waals surface area contributed by atoms with Gasteiger partial charge < -0.3 is 10.1 Å². The summed E-state index contributed by atoms with van der Waals surface area (Å²) in [5.74, 6) is -0.397. The molecular weight excluding hydrogens is 262 g/mol. The van der Waals surface area contributed by atoms with Crippen LogP contribution in [0.2, 0.25) is 0 Å². The van der Waals surface area contributed by atoms with E-state index >= 15 is 0 Å². The van der Waals surface area contributed by atoms with Crippen molar-refractivity contribution in [2.75, 3.05) is 19.0 Å². The van der Waals surface area contributed by atoms with E-state index < -0.39 is 5.97 Å². The maximum absolute atomic E-state index is 11.4. The van der Waals surface area contributed by atoms with Gasteiger partial charge in [-0.3, -0.25) is 4.98 Å². The Morgan fingerprint density at radius 1 is 1.47 bits per heavy atom. The lowest BCUT2D eigenvalue weighted by atomic mass is 10.3. The first-order chi connectivity index (χ1) is 9.20. The molecule has 0 fully saturated rings. The molecule has 0 aliphatic heterocycles. The van der Waals surface area contributed by atoms with E-state index in [1.807, 2.05) is 25.1 Å². The molecule has 0 saturated heterocycles. The normalized spacial score (nSPS) is 10.2. The minimum atomic E-state index is -0.397. The van der Waals surface area contributed by atoms with E-state index in [-0.39, 0.29) is 0 Å². The van der Waals surface area contributed by atoms with Crippen molar-refractivity contribution in [2.24, 2.45) is 0 Å². The number of nitrogens with zero attached hydrogens (tertiary/aromatic N) is 2. The third kappa shape index (κ3) is 3.51. The van der Waals surface area contributed by atoms with Crippen molar-refractivity contribution in [3.8, 4) is 0 Å². The van der Waals surface area contributed by atoms with Crippen LogP contribution in [0.25, 0.3) is 0 Å². The number of thiazole rings is 1. The number of carbonyl (C=O) groups excluding carboxylic acids is 1. The summed E-state index contributed by atoms with van der Waals surface area (Å²) in [6.07, 6.45) is 2.59. The van der Waals surface area contributed by atoms with Crippen molar-refractivity contribution >= 4 is 22.4 Å². The number of hydrogen-bond acceptors (Lipinski definition) is 6. The number of esters is 1. The monoisotopic (exact) mass is 277 g/mol. The molecule has 0 aliphatic carbocycles. The minimum absolute atomic E-state index is 0.382. The Kier molecular flexibility index (Phi) is 4.46. The molecule has 6 heteroatoms. The molecule has 0 atom stereocenters. The molecular formula is C13H15N3O2S. The molecule has 0 spiro atoms. The van der Waals surface area contributed by atoms with Crippen molar-refractivity contribution in [2.45, 2.75) is 13.3 Å². The van der Waals surface area contributed by atoms with Crippen LogP contribution in [0.15, 0.2) is 24.4 Å². The summed E-state index contributed by atoms with van der Waals surface area (Å²) in [6, 6.07) is 5.84. The third-order valence-electron chi connectivity index (χ3n) is 2.56. The fourth-order valence-corrected chi connectivity index (χ4v) is 2.43. The second-order valence-corrected chi connectivity index (χ2v) is 5.12. The van der Waals surface area contributed by atoms with Gasteiger partial charge >= 0.3 is 5.97 Å². The Balaban J connectivity index is 1.92. The molecule has 2 heterocycles. The quantitative estimate of drug-likeness (QED) is 0.849. The fourth-order valence-electron chi connectivity index (χ4n) is 1.60. The number of aryl methyl sites for hydroxylation is 1. The molecule has 0 amide bonds. The van der Waals surface area contributed by atoms with Crippen molar-refractivity contribution in [1.82, 2.24) is 9.97 Å². The average molecular weight is 277 g/mol. The second-order valence-electron chi connectivity index (χ2n) is 3.91. The van der Waals surface area contributed by atoms with Gasteiger partial charge in [0.2, 0.25) is 0 Å². The lowest BCUT2D eigenvalue weighted by Gasteiger charge is -2.01. The highest BCUT2D eigenvalue weighted by atomic mass is 32.1. The molecule has 0 bridgehead atoms.